The van der Waals surface area contributed by atoms with Crippen LogP contribution in [0.5, 0.6) is 5.75 Å². The van der Waals surface area contributed by atoms with E-state index in [1.807, 2.05) is 31.2 Å². The summed E-state index contributed by atoms with van der Waals surface area (Å²) < 4.78 is 5.57. The molecule has 36 heavy (non-hydrogen) atoms. The lowest BCUT2D eigenvalue weighted by Crippen LogP contribution is -2.40. The van der Waals surface area contributed by atoms with Crippen LogP contribution in [0, 0.1) is 48.3 Å². The standard InChI is InChI=1S/C29H26N2O5/c1-15-3-2-4-18(11-15)30-14-16(12-24(30)32)29(35)36-19-7-5-17(6-8-19)31-27(33)25-20-9-10-21(23-13-22(20)23)26(25)28(31)34/h2-11,16,20-23,25-26H,12-14H2,1H3. The normalized spacial score (nSPS) is 33.7. The molecule has 2 heterocycles. The average Bonchev–Trinajstić information content (AvgIpc) is 3.55. The topological polar surface area (TPSA) is 84.0 Å². The van der Waals surface area contributed by atoms with Crippen molar-refractivity contribution in [2.24, 2.45) is 41.4 Å². The number of anilines is 2. The van der Waals surface area contributed by atoms with Crippen molar-refractivity contribution >= 4 is 35.1 Å². The minimum atomic E-state index is -0.558. The molecule has 0 radical (unpaired) electrons. The van der Waals surface area contributed by atoms with Gasteiger partial charge in [0.05, 0.1) is 23.4 Å². The predicted octanol–water partition coefficient (Wildman–Crippen LogP) is 3.51. The minimum Gasteiger partial charge on any atom is -0.426 e. The number of hydrogen-bond acceptors (Lipinski definition) is 5. The van der Waals surface area contributed by atoms with Gasteiger partial charge in [0.2, 0.25) is 17.7 Å². The van der Waals surface area contributed by atoms with E-state index in [0.29, 0.717) is 23.3 Å². The maximum absolute atomic E-state index is 13.3. The number of benzene rings is 2. The molecule has 4 aliphatic carbocycles. The van der Waals surface area contributed by atoms with Gasteiger partial charge in [-0.1, -0.05) is 24.3 Å². The number of imide groups is 1. The molecule has 6 aliphatic rings. The minimum absolute atomic E-state index is 0.1000. The number of nitrogens with zero attached hydrogens (tertiary/aromatic N) is 2. The molecule has 2 saturated carbocycles. The van der Waals surface area contributed by atoms with Crippen LogP contribution in [-0.2, 0) is 19.2 Å². The van der Waals surface area contributed by atoms with Crippen molar-refractivity contribution in [3.8, 4) is 5.75 Å². The Morgan fingerprint density at radius 1 is 0.889 bits per heavy atom. The van der Waals surface area contributed by atoms with Crippen molar-refractivity contribution in [1.29, 1.82) is 0 Å². The van der Waals surface area contributed by atoms with Crippen LogP contribution in [0.15, 0.2) is 60.7 Å². The predicted molar refractivity (Wildman–Crippen MR) is 131 cm³/mol. The Morgan fingerprint density at radius 3 is 2.19 bits per heavy atom. The lowest BCUT2D eigenvalue weighted by molar-refractivity contribution is -0.139. The van der Waals surface area contributed by atoms with E-state index in [2.05, 4.69) is 12.2 Å². The van der Waals surface area contributed by atoms with E-state index in [1.54, 1.807) is 29.2 Å². The third-order valence-electron chi connectivity index (χ3n) is 8.75. The van der Waals surface area contributed by atoms with Gasteiger partial charge in [-0.15, -0.1) is 0 Å². The molecule has 2 aromatic carbocycles. The SMILES string of the molecule is Cc1cccc(N2CC(C(=O)Oc3ccc(N4C(=O)C5C6C=CC(C7CC67)C5C4=O)cc3)CC2=O)c1. The number of allylic oxidation sites excluding steroid dienone is 2. The van der Waals surface area contributed by atoms with E-state index in [0.717, 1.165) is 17.7 Å². The molecule has 8 rings (SSSR count). The second-order valence-electron chi connectivity index (χ2n) is 10.8. The molecule has 2 aliphatic heterocycles. The van der Waals surface area contributed by atoms with Crippen LogP contribution in [0.2, 0.25) is 0 Å². The lowest BCUT2D eigenvalue weighted by Gasteiger charge is -2.37. The van der Waals surface area contributed by atoms with Gasteiger partial charge in [-0.2, -0.15) is 0 Å². The first-order valence-electron chi connectivity index (χ1n) is 12.7. The van der Waals surface area contributed by atoms with Crippen LogP contribution in [0.3, 0.4) is 0 Å². The highest BCUT2D eigenvalue weighted by Gasteiger charge is 2.67. The quantitative estimate of drug-likeness (QED) is 0.288. The van der Waals surface area contributed by atoms with Gasteiger partial charge in [0.1, 0.15) is 5.75 Å². The van der Waals surface area contributed by atoms with Crippen LogP contribution >= 0.6 is 0 Å². The molecule has 4 fully saturated rings. The summed E-state index contributed by atoms with van der Waals surface area (Å²) in [7, 11) is 0. The summed E-state index contributed by atoms with van der Waals surface area (Å²) in [5.41, 5.74) is 2.33. The van der Waals surface area contributed by atoms with Crippen LogP contribution in [0.1, 0.15) is 18.4 Å². The van der Waals surface area contributed by atoms with E-state index < -0.39 is 11.9 Å². The Balaban J connectivity index is 1.04. The average molecular weight is 483 g/mol. The molecule has 0 aromatic heterocycles. The van der Waals surface area contributed by atoms with Gasteiger partial charge in [-0.3, -0.25) is 24.1 Å². The first-order valence-corrected chi connectivity index (χ1v) is 12.7. The highest BCUT2D eigenvalue weighted by Crippen LogP contribution is 2.65. The monoisotopic (exact) mass is 482 g/mol. The fourth-order valence-electron chi connectivity index (χ4n) is 6.99. The smallest absolute Gasteiger partial charge is 0.316 e. The summed E-state index contributed by atoms with van der Waals surface area (Å²) in [5.74, 6) is -0.0376. The van der Waals surface area contributed by atoms with Crippen molar-refractivity contribution in [2.45, 2.75) is 19.8 Å². The fourth-order valence-corrected chi connectivity index (χ4v) is 6.99. The van der Waals surface area contributed by atoms with Crippen LogP contribution in [0.4, 0.5) is 11.4 Å². The van der Waals surface area contributed by atoms with E-state index in [-0.39, 0.29) is 54.4 Å². The second kappa shape index (κ2) is 7.63. The van der Waals surface area contributed by atoms with Crippen molar-refractivity contribution in [2.75, 3.05) is 16.3 Å². The Bertz CT molecular complexity index is 1310. The van der Waals surface area contributed by atoms with Gasteiger partial charge < -0.3 is 9.64 Å². The van der Waals surface area contributed by atoms with Gasteiger partial charge in [0, 0.05) is 18.7 Å². The molecule has 2 bridgehead atoms. The Labute approximate surface area is 208 Å². The zero-order chi connectivity index (χ0) is 24.7. The third-order valence-corrected chi connectivity index (χ3v) is 8.75. The maximum Gasteiger partial charge on any atom is 0.316 e. The second-order valence-corrected chi connectivity index (χ2v) is 10.8. The number of esters is 1. The fraction of sp³-hybridized carbons (Fsp3) is 0.379. The van der Waals surface area contributed by atoms with E-state index >= 15 is 0 Å². The Hall–Kier alpha value is -3.74. The van der Waals surface area contributed by atoms with Gasteiger partial charge in [-0.25, -0.2) is 0 Å². The summed E-state index contributed by atoms with van der Waals surface area (Å²) in [6, 6.07) is 14.2. The molecule has 7 heteroatoms. The van der Waals surface area contributed by atoms with E-state index in [1.165, 1.54) is 4.90 Å². The lowest BCUT2D eigenvalue weighted by atomic mass is 9.63. The van der Waals surface area contributed by atoms with Gasteiger partial charge >= 0.3 is 5.97 Å². The molecule has 3 amide bonds. The zero-order valence-electron chi connectivity index (χ0n) is 19.9. The van der Waals surface area contributed by atoms with Crippen LogP contribution in [0.25, 0.3) is 0 Å². The summed E-state index contributed by atoms with van der Waals surface area (Å²) in [6.07, 6.45) is 5.55. The summed E-state index contributed by atoms with van der Waals surface area (Å²) in [6.45, 7) is 2.23. The van der Waals surface area contributed by atoms with Gasteiger partial charge in [0.25, 0.3) is 0 Å². The first kappa shape index (κ1) is 21.5. The Morgan fingerprint density at radius 2 is 1.56 bits per heavy atom. The molecule has 2 aromatic rings. The molecule has 2 saturated heterocycles. The first-order chi connectivity index (χ1) is 17.4. The third kappa shape index (κ3) is 3.11. The van der Waals surface area contributed by atoms with E-state index in [9.17, 15) is 19.2 Å². The maximum atomic E-state index is 13.3. The number of rotatable bonds is 4. The molecule has 7 nitrogen and oxygen atoms in total. The van der Waals surface area contributed by atoms with Gasteiger partial charge in [-0.05, 0) is 79.0 Å². The number of carbonyl (C=O) groups is 4. The number of ether oxygens (including phenoxy) is 1. The number of carbonyl (C=O) groups excluding carboxylic acids is 4. The van der Waals surface area contributed by atoms with Crippen molar-refractivity contribution in [3.63, 3.8) is 0 Å². The van der Waals surface area contributed by atoms with Crippen molar-refractivity contribution in [1.82, 2.24) is 0 Å². The largest absolute Gasteiger partial charge is 0.426 e. The highest BCUT2D eigenvalue weighted by atomic mass is 16.5. The molecular weight excluding hydrogens is 456 g/mol. The number of aryl methyl sites for hydroxylation is 1. The summed E-state index contributed by atoms with van der Waals surface area (Å²) >= 11 is 0. The summed E-state index contributed by atoms with van der Waals surface area (Å²) in [5, 5.41) is 0. The summed E-state index contributed by atoms with van der Waals surface area (Å²) in [4.78, 5) is 54.9. The zero-order valence-corrected chi connectivity index (χ0v) is 19.9. The number of hydrogen-bond donors (Lipinski definition) is 0. The van der Waals surface area contributed by atoms with E-state index in [4.69, 9.17) is 4.74 Å². The molecule has 182 valence electrons. The van der Waals surface area contributed by atoms with Crippen molar-refractivity contribution < 1.29 is 23.9 Å². The number of amides is 3. The van der Waals surface area contributed by atoms with Crippen LogP contribution in [-0.4, -0.2) is 30.2 Å². The molecular formula is C29H26N2O5. The van der Waals surface area contributed by atoms with Crippen LogP contribution < -0.4 is 14.5 Å². The van der Waals surface area contributed by atoms with Crippen molar-refractivity contribution in [3.05, 3.63) is 66.2 Å². The Kier molecular flexibility index (Phi) is 4.56. The van der Waals surface area contributed by atoms with Gasteiger partial charge in [0.15, 0.2) is 0 Å². The molecule has 0 N–H and O–H groups in total. The molecule has 7 unspecified atom stereocenters. The molecule has 7 atom stereocenters. The highest BCUT2D eigenvalue weighted by molar-refractivity contribution is 6.22. The molecule has 0 spiro atoms.